The van der Waals surface area contributed by atoms with Crippen molar-refractivity contribution in [2.24, 2.45) is 5.92 Å². The van der Waals surface area contributed by atoms with Crippen LogP contribution in [0, 0.1) is 17.2 Å². The van der Waals surface area contributed by atoms with Crippen LogP contribution in [0.5, 0.6) is 0 Å². The van der Waals surface area contributed by atoms with E-state index in [9.17, 15) is 0 Å². The molecule has 0 amide bonds. The monoisotopic (exact) mass is 356 g/mol. The van der Waals surface area contributed by atoms with Gasteiger partial charge in [0.05, 0.1) is 12.0 Å². The standard InChI is InChI=1S/C13H14Br2N2/c14-10-5-6-13(11(15)7-10)17-12-4-2-1-3-9(12)8-16/h5-7,9,12,17H,1-4H2. The summed E-state index contributed by atoms with van der Waals surface area (Å²) in [4.78, 5) is 0. The first-order valence-electron chi connectivity index (χ1n) is 5.82. The summed E-state index contributed by atoms with van der Waals surface area (Å²) in [7, 11) is 0. The van der Waals surface area contributed by atoms with Gasteiger partial charge in [-0.25, -0.2) is 0 Å². The molecule has 0 heterocycles. The number of hydrogen-bond donors (Lipinski definition) is 1. The lowest BCUT2D eigenvalue weighted by molar-refractivity contribution is 0.388. The minimum absolute atomic E-state index is 0.138. The fraction of sp³-hybridized carbons (Fsp3) is 0.462. The molecule has 1 aromatic rings. The molecular formula is C13H14Br2N2. The Balaban J connectivity index is 2.11. The topological polar surface area (TPSA) is 35.8 Å². The van der Waals surface area contributed by atoms with E-state index in [0.29, 0.717) is 0 Å². The van der Waals surface area contributed by atoms with E-state index in [1.165, 1.54) is 12.8 Å². The molecule has 2 unspecified atom stereocenters. The first-order chi connectivity index (χ1) is 8.20. The van der Waals surface area contributed by atoms with Crippen molar-refractivity contribution in [1.82, 2.24) is 0 Å². The molecule has 2 rings (SSSR count). The largest absolute Gasteiger partial charge is 0.380 e. The molecule has 0 aliphatic heterocycles. The van der Waals surface area contributed by atoms with Gasteiger partial charge in [0.25, 0.3) is 0 Å². The SMILES string of the molecule is N#CC1CCCCC1Nc1ccc(Br)cc1Br. The zero-order valence-corrected chi connectivity index (χ0v) is 12.6. The maximum Gasteiger partial charge on any atom is 0.0677 e. The molecule has 2 atom stereocenters. The molecule has 1 N–H and O–H groups in total. The third kappa shape index (κ3) is 3.23. The Labute approximate surface area is 119 Å². The number of nitrogens with zero attached hydrogens (tertiary/aromatic N) is 1. The van der Waals surface area contributed by atoms with E-state index in [0.717, 1.165) is 27.5 Å². The number of rotatable bonds is 2. The van der Waals surface area contributed by atoms with Gasteiger partial charge in [-0.3, -0.25) is 0 Å². The average Bonchev–Trinajstić information content (AvgIpc) is 2.33. The predicted octanol–water partition coefficient (Wildman–Crippen LogP) is 4.71. The van der Waals surface area contributed by atoms with Crippen molar-refractivity contribution in [3.8, 4) is 6.07 Å². The van der Waals surface area contributed by atoms with Gasteiger partial charge in [0, 0.05) is 20.7 Å². The lowest BCUT2D eigenvalue weighted by Gasteiger charge is -2.28. The fourth-order valence-corrected chi connectivity index (χ4v) is 3.43. The molecule has 1 fully saturated rings. The highest BCUT2D eigenvalue weighted by molar-refractivity contribution is 9.11. The van der Waals surface area contributed by atoms with Gasteiger partial charge in [-0.15, -0.1) is 0 Å². The second-order valence-corrected chi connectivity index (χ2v) is 6.17. The van der Waals surface area contributed by atoms with Gasteiger partial charge in [-0.05, 0) is 47.0 Å². The second-order valence-electron chi connectivity index (χ2n) is 4.40. The summed E-state index contributed by atoms with van der Waals surface area (Å²) in [6.07, 6.45) is 4.49. The van der Waals surface area contributed by atoms with Crippen LogP contribution in [-0.2, 0) is 0 Å². The molecule has 0 radical (unpaired) electrons. The molecule has 0 spiro atoms. The van der Waals surface area contributed by atoms with E-state index in [2.05, 4.69) is 43.2 Å². The maximum absolute atomic E-state index is 9.14. The van der Waals surface area contributed by atoms with Crippen LogP contribution in [0.2, 0.25) is 0 Å². The third-order valence-electron chi connectivity index (χ3n) is 3.20. The van der Waals surface area contributed by atoms with E-state index >= 15 is 0 Å². The summed E-state index contributed by atoms with van der Waals surface area (Å²) in [5.41, 5.74) is 1.07. The van der Waals surface area contributed by atoms with Gasteiger partial charge < -0.3 is 5.32 Å². The highest BCUT2D eigenvalue weighted by Gasteiger charge is 2.25. The van der Waals surface area contributed by atoms with Crippen molar-refractivity contribution >= 4 is 37.5 Å². The van der Waals surface area contributed by atoms with Crippen molar-refractivity contribution in [3.63, 3.8) is 0 Å². The zero-order valence-electron chi connectivity index (χ0n) is 9.42. The van der Waals surface area contributed by atoms with Crippen molar-refractivity contribution in [3.05, 3.63) is 27.1 Å². The van der Waals surface area contributed by atoms with Crippen LogP contribution in [0.4, 0.5) is 5.69 Å². The second kappa shape index (κ2) is 5.88. The number of hydrogen-bond acceptors (Lipinski definition) is 2. The lowest BCUT2D eigenvalue weighted by Crippen LogP contribution is -2.31. The smallest absolute Gasteiger partial charge is 0.0677 e. The Hall–Kier alpha value is -0.530. The number of nitriles is 1. The molecule has 90 valence electrons. The van der Waals surface area contributed by atoms with Crippen LogP contribution >= 0.6 is 31.9 Å². The average molecular weight is 358 g/mol. The summed E-state index contributed by atoms with van der Waals surface area (Å²) in [6, 6.07) is 8.77. The van der Waals surface area contributed by atoms with Crippen LogP contribution in [0.15, 0.2) is 27.1 Å². The van der Waals surface area contributed by atoms with Gasteiger partial charge in [0.1, 0.15) is 0 Å². The van der Waals surface area contributed by atoms with Crippen LogP contribution < -0.4 is 5.32 Å². The molecule has 1 saturated carbocycles. The van der Waals surface area contributed by atoms with E-state index < -0.39 is 0 Å². The summed E-state index contributed by atoms with van der Waals surface area (Å²) in [5.74, 6) is 0.138. The number of halogens is 2. The van der Waals surface area contributed by atoms with E-state index in [1.807, 2.05) is 18.2 Å². The quantitative estimate of drug-likeness (QED) is 0.832. The summed E-state index contributed by atoms with van der Waals surface area (Å²) in [5, 5.41) is 12.6. The molecule has 17 heavy (non-hydrogen) atoms. The van der Waals surface area contributed by atoms with Crippen LogP contribution in [0.1, 0.15) is 25.7 Å². The Morgan fingerprint density at radius 2 is 2.00 bits per heavy atom. The highest BCUT2D eigenvalue weighted by Crippen LogP contribution is 2.31. The third-order valence-corrected chi connectivity index (χ3v) is 4.35. The Morgan fingerprint density at radius 3 is 2.71 bits per heavy atom. The number of benzene rings is 1. The summed E-state index contributed by atoms with van der Waals surface area (Å²) < 4.78 is 2.09. The Bertz CT molecular complexity index is 440. The molecule has 4 heteroatoms. The van der Waals surface area contributed by atoms with Gasteiger partial charge in [-0.1, -0.05) is 28.8 Å². The Morgan fingerprint density at radius 1 is 1.24 bits per heavy atom. The molecule has 0 bridgehead atoms. The predicted molar refractivity (Wildman–Crippen MR) is 76.8 cm³/mol. The highest BCUT2D eigenvalue weighted by atomic mass is 79.9. The van der Waals surface area contributed by atoms with Crippen molar-refractivity contribution in [1.29, 1.82) is 5.26 Å². The van der Waals surface area contributed by atoms with Crippen molar-refractivity contribution < 1.29 is 0 Å². The number of anilines is 1. The molecule has 0 saturated heterocycles. The zero-order chi connectivity index (χ0) is 12.3. The van der Waals surface area contributed by atoms with Gasteiger partial charge in [-0.2, -0.15) is 5.26 Å². The normalized spacial score (nSPS) is 24.1. The molecule has 2 nitrogen and oxygen atoms in total. The molecule has 1 aromatic carbocycles. The van der Waals surface area contributed by atoms with Gasteiger partial charge in [0.2, 0.25) is 0 Å². The van der Waals surface area contributed by atoms with Gasteiger partial charge in [0.15, 0.2) is 0 Å². The van der Waals surface area contributed by atoms with E-state index in [-0.39, 0.29) is 12.0 Å². The molecule has 1 aliphatic rings. The van der Waals surface area contributed by atoms with Crippen LogP contribution in [0.25, 0.3) is 0 Å². The van der Waals surface area contributed by atoms with E-state index in [1.54, 1.807) is 0 Å². The summed E-state index contributed by atoms with van der Waals surface area (Å²) >= 11 is 6.98. The molecule has 0 aromatic heterocycles. The molecular weight excluding hydrogens is 344 g/mol. The van der Waals surface area contributed by atoms with E-state index in [4.69, 9.17) is 5.26 Å². The van der Waals surface area contributed by atoms with Crippen LogP contribution in [-0.4, -0.2) is 6.04 Å². The number of nitrogens with one attached hydrogen (secondary N) is 1. The first-order valence-corrected chi connectivity index (χ1v) is 7.40. The fourth-order valence-electron chi connectivity index (χ4n) is 2.26. The van der Waals surface area contributed by atoms with Crippen LogP contribution in [0.3, 0.4) is 0 Å². The van der Waals surface area contributed by atoms with Gasteiger partial charge >= 0.3 is 0 Å². The first kappa shape index (κ1) is 12.9. The van der Waals surface area contributed by atoms with Crippen molar-refractivity contribution in [2.45, 2.75) is 31.7 Å². The minimum atomic E-state index is 0.138. The van der Waals surface area contributed by atoms with Crippen molar-refractivity contribution in [2.75, 3.05) is 5.32 Å². The summed E-state index contributed by atoms with van der Waals surface area (Å²) in [6.45, 7) is 0. The molecule has 1 aliphatic carbocycles. The lowest BCUT2D eigenvalue weighted by atomic mass is 9.85. The minimum Gasteiger partial charge on any atom is -0.380 e. The maximum atomic E-state index is 9.14. The Kier molecular flexibility index (Phi) is 4.47.